The van der Waals surface area contributed by atoms with Crippen LogP contribution in [-0.4, -0.2) is 26.7 Å². The number of furan rings is 1. The second kappa shape index (κ2) is 4.48. The highest BCUT2D eigenvalue weighted by atomic mass is 16.3. The number of nitrogens with zero attached hydrogens (tertiary/aromatic N) is 3. The van der Waals surface area contributed by atoms with Crippen LogP contribution >= 0.6 is 0 Å². The van der Waals surface area contributed by atoms with Gasteiger partial charge >= 0.3 is 0 Å². The molecule has 3 heterocycles. The maximum Gasteiger partial charge on any atom is 0.157 e. The van der Waals surface area contributed by atoms with E-state index < -0.39 is 0 Å². The zero-order chi connectivity index (χ0) is 12.4. The Labute approximate surface area is 103 Å². The average molecular weight is 243 g/mol. The van der Waals surface area contributed by atoms with Crippen LogP contribution in [0.2, 0.25) is 0 Å². The van der Waals surface area contributed by atoms with Crippen molar-refractivity contribution >= 4 is 16.9 Å². The lowest BCUT2D eigenvalue weighted by molar-refractivity contribution is 0.513. The third-order valence-electron chi connectivity index (χ3n) is 2.76. The van der Waals surface area contributed by atoms with E-state index in [0.29, 0.717) is 0 Å². The molecule has 0 aliphatic rings. The van der Waals surface area contributed by atoms with Crippen molar-refractivity contribution < 1.29 is 4.42 Å². The molecular formula is C12H13N5O. The molecule has 0 fully saturated rings. The smallest absolute Gasteiger partial charge is 0.157 e. The van der Waals surface area contributed by atoms with Crippen LogP contribution < -0.4 is 5.32 Å². The summed E-state index contributed by atoms with van der Waals surface area (Å²) in [6.07, 6.45) is 4.03. The molecule has 3 rings (SSSR count). The van der Waals surface area contributed by atoms with Gasteiger partial charge in [0.15, 0.2) is 11.3 Å². The Kier molecular flexibility index (Phi) is 2.68. The van der Waals surface area contributed by atoms with Gasteiger partial charge in [-0.2, -0.15) is 5.10 Å². The van der Waals surface area contributed by atoms with Crippen molar-refractivity contribution in [2.24, 2.45) is 0 Å². The van der Waals surface area contributed by atoms with Crippen molar-refractivity contribution in [3.05, 3.63) is 36.2 Å². The lowest BCUT2D eigenvalue weighted by Gasteiger charge is -2.03. The second-order valence-electron chi connectivity index (χ2n) is 4.02. The first-order chi connectivity index (χ1) is 8.84. The standard InChI is InChI=1S/C12H13N5O/c1-8-10-11(17-16-8)12(15-7-14-10)13-5-4-9-3-2-6-18-9/h2-3,6-7H,4-5H2,1H3,(H,16,17)(H,13,14,15). The van der Waals surface area contributed by atoms with Crippen LogP contribution in [0.25, 0.3) is 11.0 Å². The van der Waals surface area contributed by atoms with Gasteiger partial charge in [-0.25, -0.2) is 9.97 Å². The molecule has 92 valence electrons. The summed E-state index contributed by atoms with van der Waals surface area (Å²) in [6, 6.07) is 3.84. The van der Waals surface area contributed by atoms with Gasteiger partial charge in [0, 0.05) is 13.0 Å². The molecule has 0 atom stereocenters. The molecule has 0 saturated heterocycles. The molecule has 0 aliphatic carbocycles. The number of rotatable bonds is 4. The third kappa shape index (κ3) is 1.92. The van der Waals surface area contributed by atoms with Gasteiger partial charge in [-0.3, -0.25) is 5.10 Å². The highest BCUT2D eigenvalue weighted by Crippen LogP contribution is 2.18. The molecule has 6 heteroatoms. The number of nitrogens with one attached hydrogen (secondary N) is 2. The number of hydrogen-bond acceptors (Lipinski definition) is 5. The summed E-state index contributed by atoms with van der Waals surface area (Å²) in [5, 5.41) is 10.4. The quantitative estimate of drug-likeness (QED) is 0.731. The molecule has 0 aliphatic heterocycles. The van der Waals surface area contributed by atoms with E-state index >= 15 is 0 Å². The van der Waals surface area contributed by atoms with Crippen molar-refractivity contribution in [3.8, 4) is 0 Å². The maximum atomic E-state index is 5.27. The summed E-state index contributed by atoms with van der Waals surface area (Å²) in [6.45, 7) is 2.68. The van der Waals surface area contributed by atoms with Crippen LogP contribution in [0.3, 0.4) is 0 Å². The van der Waals surface area contributed by atoms with Crippen LogP contribution in [0.5, 0.6) is 0 Å². The van der Waals surface area contributed by atoms with Gasteiger partial charge in [0.25, 0.3) is 0 Å². The molecule has 0 aromatic carbocycles. The Hall–Kier alpha value is -2.37. The summed E-state index contributed by atoms with van der Waals surface area (Å²) in [4.78, 5) is 8.40. The molecule has 0 spiro atoms. The first kappa shape index (κ1) is 10.8. The van der Waals surface area contributed by atoms with Crippen LogP contribution in [0.15, 0.2) is 29.1 Å². The summed E-state index contributed by atoms with van der Waals surface area (Å²) >= 11 is 0. The SMILES string of the molecule is Cc1[nH]nc2c(NCCc3ccco3)ncnc12. The van der Waals surface area contributed by atoms with Crippen molar-refractivity contribution in [3.63, 3.8) is 0 Å². The largest absolute Gasteiger partial charge is 0.469 e. The fourth-order valence-electron chi connectivity index (χ4n) is 1.84. The van der Waals surface area contributed by atoms with Gasteiger partial charge in [0.05, 0.1) is 12.0 Å². The van der Waals surface area contributed by atoms with E-state index in [0.717, 1.165) is 41.3 Å². The number of aromatic amines is 1. The topological polar surface area (TPSA) is 79.6 Å². The Morgan fingerprint density at radius 3 is 3.11 bits per heavy atom. The van der Waals surface area contributed by atoms with Gasteiger partial charge in [0.2, 0.25) is 0 Å². The van der Waals surface area contributed by atoms with Crippen LogP contribution in [0, 0.1) is 6.92 Å². The Bertz CT molecular complexity index is 644. The van der Waals surface area contributed by atoms with Gasteiger partial charge in [-0.15, -0.1) is 0 Å². The van der Waals surface area contributed by atoms with E-state index in [2.05, 4.69) is 25.5 Å². The normalized spacial score (nSPS) is 10.9. The van der Waals surface area contributed by atoms with Gasteiger partial charge in [-0.05, 0) is 19.1 Å². The van der Waals surface area contributed by atoms with E-state index in [1.54, 1.807) is 12.6 Å². The summed E-state index contributed by atoms with van der Waals surface area (Å²) in [5.74, 6) is 1.70. The Morgan fingerprint density at radius 1 is 1.33 bits per heavy atom. The number of anilines is 1. The molecule has 18 heavy (non-hydrogen) atoms. The van der Waals surface area contributed by atoms with Crippen molar-refractivity contribution in [1.29, 1.82) is 0 Å². The maximum absolute atomic E-state index is 5.27. The lowest BCUT2D eigenvalue weighted by Crippen LogP contribution is -2.06. The lowest BCUT2D eigenvalue weighted by atomic mass is 10.3. The molecule has 0 bridgehead atoms. The minimum Gasteiger partial charge on any atom is -0.469 e. The summed E-state index contributed by atoms with van der Waals surface area (Å²) < 4.78 is 5.27. The summed E-state index contributed by atoms with van der Waals surface area (Å²) in [7, 11) is 0. The minimum absolute atomic E-state index is 0.742. The molecule has 0 radical (unpaired) electrons. The number of H-pyrrole nitrogens is 1. The predicted molar refractivity (Wildman–Crippen MR) is 67.3 cm³/mol. The Balaban J connectivity index is 1.74. The van der Waals surface area contributed by atoms with E-state index in [1.807, 2.05) is 19.1 Å². The van der Waals surface area contributed by atoms with Crippen LogP contribution in [-0.2, 0) is 6.42 Å². The highest BCUT2D eigenvalue weighted by Gasteiger charge is 2.08. The zero-order valence-corrected chi connectivity index (χ0v) is 9.97. The van der Waals surface area contributed by atoms with E-state index in [-0.39, 0.29) is 0 Å². The number of aryl methyl sites for hydroxylation is 1. The minimum atomic E-state index is 0.742. The average Bonchev–Trinajstić information content (AvgIpc) is 3.01. The van der Waals surface area contributed by atoms with Crippen molar-refractivity contribution in [2.75, 3.05) is 11.9 Å². The number of fused-ring (bicyclic) bond motifs is 1. The van der Waals surface area contributed by atoms with Crippen molar-refractivity contribution in [1.82, 2.24) is 20.2 Å². The first-order valence-corrected chi connectivity index (χ1v) is 5.76. The van der Waals surface area contributed by atoms with E-state index in [4.69, 9.17) is 4.42 Å². The van der Waals surface area contributed by atoms with Gasteiger partial charge in [-0.1, -0.05) is 0 Å². The van der Waals surface area contributed by atoms with Gasteiger partial charge < -0.3 is 9.73 Å². The molecule has 3 aromatic heterocycles. The fourth-order valence-corrected chi connectivity index (χ4v) is 1.84. The fraction of sp³-hybridized carbons (Fsp3) is 0.250. The first-order valence-electron chi connectivity index (χ1n) is 5.76. The number of aromatic nitrogens is 4. The monoisotopic (exact) mass is 243 g/mol. The van der Waals surface area contributed by atoms with Gasteiger partial charge in [0.1, 0.15) is 17.6 Å². The molecule has 0 unspecified atom stereocenters. The summed E-state index contributed by atoms with van der Waals surface area (Å²) in [5.41, 5.74) is 2.57. The molecule has 2 N–H and O–H groups in total. The predicted octanol–water partition coefficient (Wildman–Crippen LogP) is 1.91. The van der Waals surface area contributed by atoms with E-state index in [9.17, 15) is 0 Å². The molecular weight excluding hydrogens is 230 g/mol. The molecule has 0 saturated carbocycles. The zero-order valence-electron chi connectivity index (χ0n) is 9.97. The van der Waals surface area contributed by atoms with Crippen LogP contribution in [0.4, 0.5) is 5.82 Å². The van der Waals surface area contributed by atoms with E-state index in [1.165, 1.54) is 0 Å². The third-order valence-corrected chi connectivity index (χ3v) is 2.76. The highest BCUT2D eigenvalue weighted by molar-refractivity contribution is 5.86. The second-order valence-corrected chi connectivity index (χ2v) is 4.02. The molecule has 0 amide bonds. The van der Waals surface area contributed by atoms with Crippen molar-refractivity contribution in [2.45, 2.75) is 13.3 Å². The van der Waals surface area contributed by atoms with Crippen LogP contribution in [0.1, 0.15) is 11.5 Å². The number of hydrogen-bond donors (Lipinski definition) is 2. The molecule has 6 nitrogen and oxygen atoms in total. The molecule has 3 aromatic rings. The Morgan fingerprint density at radius 2 is 2.28 bits per heavy atom.